The zero-order valence-electron chi connectivity index (χ0n) is 12.3. The van der Waals surface area contributed by atoms with E-state index in [-0.39, 0.29) is 23.0 Å². The lowest BCUT2D eigenvalue weighted by molar-refractivity contribution is 0.0856. The largest absolute Gasteiger partial charge is 0.376 e. The molecule has 0 bridgehead atoms. The minimum absolute atomic E-state index is 0.0777. The van der Waals surface area contributed by atoms with E-state index in [4.69, 9.17) is 4.74 Å². The van der Waals surface area contributed by atoms with Crippen LogP contribution in [0.25, 0.3) is 10.9 Å². The minimum Gasteiger partial charge on any atom is -0.376 e. The topological polar surface area (TPSA) is 60.3 Å². The number of nitrogens with zero attached hydrogens (tertiary/aromatic N) is 1. The van der Waals surface area contributed by atoms with Gasteiger partial charge in [-0.05, 0) is 30.9 Å². The summed E-state index contributed by atoms with van der Waals surface area (Å²) in [6, 6.07) is 5.74. The number of para-hydroxylation sites is 1. The quantitative estimate of drug-likeness (QED) is 0.933. The predicted molar refractivity (Wildman–Crippen MR) is 83.2 cm³/mol. The first-order chi connectivity index (χ1) is 10.7. The second kappa shape index (κ2) is 5.25. The van der Waals surface area contributed by atoms with Crippen molar-refractivity contribution < 1.29 is 9.53 Å². The molecule has 5 heteroatoms. The monoisotopic (exact) mass is 298 g/mol. The molecule has 22 heavy (non-hydrogen) atoms. The van der Waals surface area contributed by atoms with Crippen LogP contribution in [0, 0.1) is 0 Å². The van der Waals surface area contributed by atoms with Gasteiger partial charge in [0.15, 0.2) is 0 Å². The Kier molecular flexibility index (Phi) is 3.22. The fourth-order valence-electron chi connectivity index (χ4n) is 3.43. The Morgan fingerprint density at radius 1 is 1.41 bits per heavy atom. The summed E-state index contributed by atoms with van der Waals surface area (Å²) >= 11 is 0. The van der Waals surface area contributed by atoms with E-state index in [0.717, 1.165) is 37.9 Å². The molecule has 1 atom stereocenters. The van der Waals surface area contributed by atoms with Gasteiger partial charge < -0.3 is 14.6 Å². The lowest BCUT2D eigenvalue weighted by Gasteiger charge is -2.12. The SMILES string of the molecule is O=C(NCC1CCCO1)c1cn2c3c(cccc3c1=O)CC2. The maximum Gasteiger partial charge on any atom is 0.256 e. The highest BCUT2D eigenvalue weighted by atomic mass is 16.5. The molecular weight excluding hydrogens is 280 g/mol. The molecule has 114 valence electrons. The van der Waals surface area contributed by atoms with Crippen molar-refractivity contribution in [1.29, 1.82) is 0 Å². The third-order valence-corrected chi connectivity index (χ3v) is 4.56. The summed E-state index contributed by atoms with van der Waals surface area (Å²) in [5.74, 6) is -0.302. The summed E-state index contributed by atoms with van der Waals surface area (Å²) in [5, 5.41) is 3.48. The minimum atomic E-state index is -0.302. The first-order valence-corrected chi connectivity index (χ1v) is 7.79. The summed E-state index contributed by atoms with van der Waals surface area (Å²) < 4.78 is 7.52. The number of rotatable bonds is 3. The van der Waals surface area contributed by atoms with Gasteiger partial charge in [-0.3, -0.25) is 9.59 Å². The van der Waals surface area contributed by atoms with Gasteiger partial charge in [-0.25, -0.2) is 0 Å². The van der Waals surface area contributed by atoms with Crippen LogP contribution in [0.3, 0.4) is 0 Å². The van der Waals surface area contributed by atoms with E-state index in [9.17, 15) is 9.59 Å². The fourth-order valence-corrected chi connectivity index (χ4v) is 3.43. The second-order valence-electron chi connectivity index (χ2n) is 5.97. The lowest BCUT2D eigenvalue weighted by atomic mass is 10.1. The van der Waals surface area contributed by atoms with Crippen molar-refractivity contribution in [3.63, 3.8) is 0 Å². The molecular formula is C17H18N2O3. The first-order valence-electron chi connectivity index (χ1n) is 7.79. The summed E-state index contributed by atoms with van der Waals surface area (Å²) in [4.78, 5) is 25.0. The van der Waals surface area contributed by atoms with Crippen LogP contribution in [0.2, 0.25) is 0 Å². The Morgan fingerprint density at radius 2 is 2.32 bits per heavy atom. The number of carbonyl (C=O) groups excluding carboxylic acids is 1. The standard InChI is InChI=1S/C17H18N2O3/c20-16-13-5-1-3-11-6-7-19(15(11)13)10-14(16)17(21)18-9-12-4-2-8-22-12/h1,3,5,10,12H,2,4,6-9H2,(H,18,21). The van der Waals surface area contributed by atoms with Crippen molar-refractivity contribution >= 4 is 16.8 Å². The number of amides is 1. The van der Waals surface area contributed by atoms with Crippen LogP contribution >= 0.6 is 0 Å². The molecule has 1 aromatic heterocycles. The molecule has 0 aliphatic carbocycles. The van der Waals surface area contributed by atoms with Crippen molar-refractivity contribution in [2.24, 2.45) is 0 Å². The Balaban J connectivity index is 1.66. The molecule has 1 aromatic carbocycles. The fraction of sp³-hybridized carbons (Fsp3) is 0.412. The van der Waals surface area contributed by atoms with Crippen LogP contribution in [0.4, 0.5) is 0 Å². The molecule has 0 spiro atoms. The number of carbonyl (C=O) groups is 1. The molecule has 2 aliphatic rings. The molecule has 2 aliphatic heterocycles. The van der Waals surface area contributed by atoms with Crippen molar-refractivity contribution in [3.05, 3.63) is 45.7 Å². The van der Waals surface area contributed by atoms with Gasteiger partial charge in [0.2, 0.25) is 5.43 Å². The van der Waals surface area contributed by atoms with E-state index in [1.165, 1.54) is 5.56 Å². The highest BCUT2D eigenvalue weighted by Gasteiger charge is 2.21. The van der Waals surface area contributed by atoms with E-state index in [1.54, 1.807) is 12.3 Å². The number of aryl methyl sites for hydroxylation is 2. The van der Waals surface area contributed by atoms with Crippen LogP contribution < -0.4 is 10.7 Å². The molecule has 1 N–H and O–H groups in total. The zero-order valence-corrected chi connectivity index (χ0v) is 12.3. The van der Waals surface area contributed by atoms with E-state index >= 15 is 0 Å². The third kappa shape index (κ3) is 2.13. The average Bonchev–Trinajstić information content (AvgIpc) is 3.19. The van der Waals surface area contributed by atoms with Gasteiger partial charge in [-0.15, -0.1) is 0 Å². The van der Waals surface area contributed by atoms with Crippen molar-refractivity contribution in [2.45, 2.75) is 31.9 Å². The zero-order chi connectivity index (χ0) is 15.1. The Hall–Kier alpha value is -2.14. The molecule has 4 rings (SSSR count). The molecule has 5 nitrogen and oxygen atoms in total. The number of pyridine rings is 1. The number of benzene rings is 1. The van der Waals surface area contributed by atoms with Gasteiger partial charge in [0.25, 0.3) is 5.91 Å². The highest BCUT2D eigenvalue weighted by molar-refractivity contribution is 5.98. The molecule has 0 saturated carbocycles. The van der Waals surface area contributed by atoms with Crippen molar-refractivity contribution in [2.75, 3.05) is 13.2 Å². The van der Waals surface area contributed by atoms with Gasteiger partial charge in [-0.1, -0.05) is 12.1 Å². The van der Waals surface area contributed by atoms with E-state index in [1.807, 2.05) is 16.7 Å². The van der Waals surface area contributed by atoms with Gasteiger partial charge in [0, 0.05) is 31.3 Å². The van der Waals surface area contributed by atoms with E-state index in [2.05, 4.69) is 5.32 Å². The predicted octanol–water partition coefficient (Wildman–Crippen LogP) is 1.47. The highest BCUT2D eigenvalue weighted by Crippen LogP contribution is 2.23. The smallest absolute Gasteiger partial charge is 0.256 e. The summed E-state index contributed by atoms with van der Waals surface area (Å²) in [6.45, 7) is 2.05. The summed E-state index contributed by atoms with van der Waals surface area (Å²) in [7, 11) is 0. The summed E-state index contributed by atoms with van der Waals surface area (Å²) in [6.07, 6.45) is 4.69. The van der Waals surface area contributed by atoms with Gasteiger partial charge in [-0.2, -0.15) is 0 Å². The van der Waals surface area contributed by atoms with Crippen molar-refractivity contribution in [3.8, 4) is 0 Å². The molecule has 1 fully saturated rings. The Bertz CT molecular complexity index is 803. The number of hydrogen-bond acceptors (Lipinski definition) is 3. The Morgan fingerprint density at radius 3 is 3.14 bits per heavy atom. The van der Waals surface area contributed by atoms with E-state index < -0.39 is 0 Å². The molecule has 1 unspecified atom stereocenters. The molecule has 0 radical (unpaired) electrons. The van der Waals surface area contributed by atoms with Gasteiger partial charge in [0.1, 0.15) is 5.56 Å². The number of ether oxygens (including phenoxy) is 1. The first kappa shape index (κ1) is 13.5. The second-order valence-corrected chi connectivity index (χ2v) is 5.97. The molecule has 1 amide bonds. The maximum absolute atomic E-state index is 12.6. The van der Waals surface area contributed by atoms with E-state index in [0.29, 0.717) is 11.9 Å². The van der Waals surface area contributed by atoms with Crippen LogP contribution in [-0.4, -0.2) is 29.7 Å². The molecule has 2 aromatic rings. The van der Waals surface area contributed by atoms with Crippen molar-refractivity contribution in [1.82, 2.24) is 9.88 Å². The number of nitrogens with one attached hydrogen (secondary N) is 1. The van der Waals surface area contributed by atoms with Gasteiger partial charge in [0.05, 0.1) is 11.6 Å². The van der Waals surface area contributed by atoms with Gasteiger partial charge >= 0.3 is 0 Å². The maximum atomic E-state index is 12.6. The Labute approximate surface area is 127 Å². The average molecular weight is 298 g/mol. The van der Waals surface area contributed by atoms with Crippen LogP contribution in [0.15, 0.2) is 29.2 Å². The van der Waals surface area contributed by atoms with Crippen LogP contribution in [0.5, 0.6) is 0 Å². The normalized spacial score (nSPS) is 19.7. The molecule has 1 saturated heterocycles. The van der Waals surface area contributed by atoms with Crippen LogP contribution in [-0.2, 0) is 17.7 Å². The third-order valence-electron chi connectivity index (χ3n) is 4.56. The molecule has 3 heterocycles. The lowest BCUT2D eigenvalue weighted by Crippen LogP contribution is -2.35. The van der Waals surface area contributed by atoms with Crippen LogP contribution in [0.1, 0.15) is 28.8 Å². The number of aromatic nitrogens is 1. The summed E-state index contributed by atoms with van der Waals surface area (Å²) in [5.41, 5.74) is 2.20. The number of hydrogen-bond donors (Lipinski definition) is 1.